The average Bonchev–Trinajstić information content (AvgIpc) is 2.49. The maximum absolute atomic E-state index is 14.3. The van der Waals surface area contributed by atoms with E-state index in [1.54, 1.807) is 18.2 Å². The highest BCUT2D eigenvalue weighted by Gasteiger charge is 2.07. The van der Waals surface area contributed by atoms with Gasteiger partial charge in [-0.05, 0) is 41.8 Å². The first-order valence-corrected chi connectivity index (χ1v) is 6.76. The molecule has 0 aromatic heterocycles. The van der Waals surface area contributed by atoms with Crippen LogP contribution in [0, 0.1) is 18.6 Å². The molecule has 0 saturated heterocycles. The third kappa shape index (κ3) is 2.84. The molecule has 3 aromatic carbocycles. The number of rotatable bonds is 2. The van der Waals surface area contributed by atoms with Gasteiger partial charge in [-0.3, -0.25) is 0 Å². The summed E-state index contributed by atoms with van der Waals surface area (Å²) in [4.78, 5) is 0. The van der Waals surface area contributed by atoms with Gasteiger partial charge < -0.3 is 0 Å². The van der Waals surface area contributed by atoms with Crippen molar-refractivity contribution in [2.75, 3.05) is 0 Å². The normalized spacial score (nSPS) is 10.6. The van der Waals surface area contributed by atoms with Crippen molar-refractivity contribution in [1.82, 2.24) is 0 Å². The van der Waals surface area contributed by atoms with E-state index < -0.39 is 0 Å². The van der Waals surface area contributed by atoms with E-state index in [1.165, 1.54) is 18.2 Å². The van der Waals surface area contributed by atoms with Gasteiger partial charge in [-0.15, -0.1) is 0 Å². The van der Waals surface area contributed by atoms with Crippen LogP contribution in [-0.4, -0.2) is 0 Å². The van der Waals surface area contributed by atoms with Crippen molar-refractivity contribution in [1.29, 1.82) is 0 Å². The van der Waals surface area contributed by atoms with Crippen LogP contribution >= 0.6 is 0 Å². The largest absolute Gasteiger partial charge is 0.207 e. The Labute approximate surface area is 122 Å². The molecule has 104 valence electrons. The molecule has 0 radical (unpaired) electrons. The van der Waals surface area contributed by atoms with Gasteiger partial charge in [-0.25, -0.2) is 8.78 Å². The predicted octanol–water partition coefficient (Wildman–Crippen LogP) is 5.61. The van der Waals surface area contributed by atoms with Crippen molar-refractivity contribution >= 4 is 0 Å². The van der Waals surface area contributed by atoms with Crippen LogP contribution < -0.4 is 0 Å². The molecule has 0 nitrogen and oxygen atoms in total. The van der Waals surface area contributed by atoms with Crippen molar-refractivity contribution in [3.8, 4) is 22.3 Å². The van der Waals surface area contributed by atoms with Crippen LogP contribution in [0.5, 0.6) is 0 Å². The Balaban J connectivity index is 1.99. The second kappa shape index (κ2) is 5.49. The molecule has 0 amide bonds. The first-order valence-electron chi connectivity index (χ1n) is 6.76. The summed E-state index contributed by atoms with van der Waals surface area (Å²) in [5.74, 6) is -0.573. The highest BCUT2D eigenvalue weighted by atomic mass is 19.1. The maximum atomic E-state index is 14.3. The van der Waals surface area contributed by atoms with Crippen LogP contribution in [0.1, 0.15) is 5.56 Å². The minimum atomic E-state index is -0.296. The molecule has 0 aliphatic carbocycles. The van der Waals surface area contributed by atoms with E-state index >= 15 is 0 Å². The number of hydrogen-bond donors (Lipinski definition) is 0. The van der Waals surface area contributed by atoms with Crippen molar-refractivity contribution in [2.45, 2.75) is 6.92 Å². The van der Waals surface area contributed by atoms with Crippen molar-refractivity contribution < 1.29 is 8.78 Å². The second-order valence-corrected chi connectivity index (χ2v) is 5.07. The summed E-state index contributed by atoms with van der Waals surface area (Å²) >= 11 is 0. The molecule has 3 rings (SSSR count). The first kappa shape index (κ1) is 13.5. The third-order valence-corrected chi connectivity index (χ3v) is 3.51. The molecular formula is C19H14F2. The zero-order valence-corrected chi connectivity index (χ0v) is 11.6. The average molecular weight is 280 g/mol. The summed E-state index contributed by atoms with van der Waals surface area (Å²) < 4.78 is 27.3. The van der Waals surface area contributed by atoms with E-state index in [2.05, 4.69) is 0 Å². The van der Waals surface area contributed by atoms with Gasteiger partial charge in [0.2, 0.25) is 0 Å². The zero-order chi connectivity index (χ0) is 14.8. The van der Waals surface area contributed by atoms with Gasteiger partial charge in [0.05, 0.1) is 0 Å². The van der Waals surface area contributed by atoms with E-state index in [0.717, 1.165) is 22.3 Å². The molecule has 0 unspecified atom stereocenters. The lowest BCUT2D eigenvalue weighted by atomic mass is 9.99. The highest BCUT2D eigenvalue weighted by molar-refractivity contribution is 5.71. The fraction of sp³-hybridized carbons (Fsp3) is 0.0526. The fourth-order valence-electron chi connectivity index (χ4n) is 2.30. The van der Waals surface area contributed by atoms with E-state index in [4.69, 9.17) is 0 Å². The number of benzene rings is 3. The van der Waals surface area contributed by atoms with Gasteiger partial charge in [0.25, 0.3) is 0 Å². The standard InChI is InChI=1S/C19H14F2/c1-13-2-4-15(5-3-13)18-11-8-16(12-19(18)21)14-6-9-17(20)10-7-14/h2-12H,1H3. The highest BCUT2D eigenvalue weighted by Crippen LogP contribution is 2.28. The lowest BCUT2D eigenvalue weighted by Gasteiger charge is -2.07. The second-order valence-electron chi connectivity index (χ2n) is 5.07. The van der Waals surface area contributed by atoms with Gasteiger partial charge in [-0.1, -0.05) is 54.1 Å². The van der Waals surface area contributed by atoms with E-state index in [0.29, 0.717) is 5.56 Å². The lowest BCUT2D eigenvalue weighted by Crippen LogP contribution is -1.87. The molecule has 0 saturated carbocycles. The van der Waals surface area contributed by atoms with Crippen molar-refractivity contribution in [3.63, 3.8) is 0 Å². The Bertz CT molecular complexity index is 757. The quantitative estimate of drug-likeness (QED) is 0.572. The van der Waals surface area contributed by atoms with Crippen LogP contribution in [0.4, 0.5) is 8.78 Å². The molecule has 0 N–H and O–H groups in total. The van der Waals surface area contributed by atoms with Crippen LogP contribution in [0.15, 0.2) is 66.7 Å². The molecular weight excluding hydrogens is 266 g/mol. The lowest BCUT2D eigenvalue weighted by molar-refractivity contribution is 0.628. The summed E-state index contributed by atoms with van der Waals surface area (Å²) in [5, 5.41) is 0. The van der Waals surface area contributed by atoms with Crippen LogP contribution in [-0.2, 0) is 0 Å². The smallest absolute Gasteiger partial charge is 0.131 e. The molecule has 0 heterocycles. The topological polar surface area (TPSA) is 0 Å². The van der Waals surface area contributed by atoms with Gasteiger partial charge in [0.15, 0.2) is 0 Å². The Kier molecular flexibility index (Phi) is 3.53. The summed E-state index contributed by atoms with van der Waals surface area (Å²) in [5.41, 5.74) is 4.10. The third-order valence-electron chi connectivity index (χ3n) is 3.51. The van der Waals surface area contributed by atoms with Gasteiger partial charge in [0, 0.05) is 5.56 Å². The van der Waals surface area contributed by atoms with Crippen molar-refractivity contribution in [2.24, 2.45) is 0 Å². The summed E-state index contributed by atoms with van der Waals surface area (Å²) in [6, 6.07) is 18.9. The summed E-state index contributed by atoms with van der Waals surface area (Å²) in [6.07, 6.45) is 0. The molecule has 0 fully saturated rings. The Hall–Kier alpha value is -2.48. The Morgan fingerprint density at radius 3 is 1.81 bits per heavy atom. The van der Waals surface area contributed by atoms with Crippen LogP contribution in [0.2, 0.25) is 0 Å². The first-order chi connectivity index (χ1) is 10.1. The maximum Gasteiger partial charge on any atom is 0.131 e. The number of halogens is 2. The zero-order valence-electron chi connectivity index (χ0n) is 11.6. The number of hydrogen-bond acceptors (Lipinski definition) is 0. The van der Waals surface area contributed by atoms with E-state index in [1.807, 2.05) is 37.3 Å². The van der Waals surface area contributed by atoms with Gasteiger partial charge in [0.1, 0.15) is 11.6 Å². The molecule has 0 aliphatic heterocycles. The fourth-order valence-corrected chi connectivity index (χ4v) is 2.30. The van der Waals surface area contributed by atoms with Gasteiger partial charge >= 0.3 is 0 Å². The SMILES string of the molecule is Cc1ccc(-c2ccc(-c3ccc(F)cc3)cc2F)cc1. The number of aryl methyl sites for hydroxylation is 1. The van der Waals surface area contributed by atoms with Crippen LogP contribution in [0.25, 0.3) is 22.3 Å². The molecule has 0 atom stereocenters. The van der Waals surface area contributed by atoms with E-state index in [9.17, 15) is 8.78 Å². The molecule has 0 aliphatic rings. The predicted molar refractivity (Wildman–Crippen MR) is 82.0 cm³/mol. The minimum absolute atomic E-state index is 0.277. The van der Waals surface area contributed by atoms with E-state index in [-0.39, 0.29) is 11.6 Å². The van der Waals surface area contributed by atoms with Gasteiger partial charge in [-0.2, -0.15) is 0 Å². The summed E-state index contributed by atoms with van der Waals surface area (Å²) in [6.45, 7) is 2.00. The Morgan fingerprint density at radius 2 is 1.19 bits per heavy atom. The minimum Gasteiger partial charge on any atom is -0.207 e. The summed E-state index contributed by atoms with van der Waals surface area (Å²) in [7, 11) is 0. The molecule has 2 heteroatoms. The van der Waals surface area contributed by atoms with Crippen LogP contribution in [0.3, 0.4) is 0 Å². The molecule has 0 spiro atoms. The molecule has 21 heavy (non-hydrogen) atoms. The monoisotopic (exact) mass is 280 g/mol. The molecule has 3 aromatic rings. The Morgan fingerprint density at radius 1 is 0.619 bits per heavy atom. The molecule has 0 bridgehead atoms. The van der Waals surface area contributed by atoms with Crippen molar-refractivity contribution in [3.05, 3.63) is 83.9 Å².